The summed E-state index contributed by atoms with van der Waals surface area (Å²) in [6.45, 7) is 1.96. The van der Waals surface area contributed by atoms with Crippen LogP contribution in [0.2, 0.25) is 0 Å². The van der Waals surface area contributed by atoms with E-state index in [4.69, 9.17) is 0 Å². The zero-order valence-corrected chi connectivity index (χ0v) is 10.7. The molecule has 0 aliphatic rings. The van der Waals surface area contributed by atoms with Crippen LogP contribution in [0.25, 0.3) is 5.70 Å². The van der Waals surface area contributed by atoms with Crippen LogP contribution in [0.15, 0.2) is 66.7 Å². The Balaban J connectivity index is 2.35. The SMILES string of the molecule is CC(/C=C(\c1ccccc1)[N+](=O)[O-])c1ccccc1. The number of hydrogen-bond acceptors (Lipinski definition) is 2. The number of allylic oxidation sites excluding steroid dienone is 1. The lowest BCUT2D eigenvalue weighted by atomic mass is 9.98. The zero-order valence-electron chi connectivity index (χ0n) is 10.7. The van der Waals surface area contributed by atoms with Gasteiger partial charge in [-0.05, 0) is 17.7 Å². The first-order valence-electron chi connectivity index (χ1n) is 6.15. The fraction of sp³-hybridized carbons (Fsp3) is 0.125. The smallest absolute Gasteiger partial charge is 0.258 e. The van der Waals surface area contributed by atoms with Crippen LogP contribution in [0.3, 0.4) is 0 Å². The summed E-state index contributed by atoms with van der Waals surface area (Å²) in [6.07, 6.45) is 1.70. The highest BCUT2D eigenvalue weighted by Crippen LogP contribution is 2.23. The van der Waals surface area contributed by atoms with Gasteiger partial charge in [-0.1, -0.05) is 55.5 Å². The third kappa shape index (κ3) is 3.28. The van der Waals surface area contributed by atoms with E-state index in [-0.39, 0.29) is 16.5 Å². The predicted octanol–water partition coefficient (Wildman–Crippen LogP) is 4.11. The summed E-state index contributed by atoms with van der Waals surface area (Å²) in [5.41, 5.74) is 1.85. The van der Waals surface area contributed by atoms with Crippen LogP contribution in [0.5, 0.6) is 0 Å². The van der Waals surface area contributed by atoms with E-state index < -0.39 is 0 Å². The molecule has 0 aliphatic heterocycles. The van der Waals surface area contributed by atoms with E-state index in [0.717, 1.165) is 5.56 Å². The van der Waals surface area contributed by atoms with Gasteiger partial charge in [0, 0.05) is 12.0 Å². The van der Waals surface area contributed by atoms with Gasteiger partial charge in [-0.2, -0.15) is 0 Å². The Bertz CT molecular complexity index is 576. The molecule has 2 rings (SSSR count). The van der Waals surface area contributed by atoms with Gasteiger partial charge in [0.05, 0.1) is 10.5 Å². The molecule has 0 aromatic heterocycles. The lowest BCUT2D eigenvalue weighted by molar-refractivity contribution is -0.375. The molecule has 2 aromatic carbocycles. The number of nitrogens with zero attached hydrogens (tertiary/aromatic N) is 1. The second kappa shape index (κ2) is 5.96. The van der Waals surface area contributed by atoms with E-state index in [1.54, 1.807) is 30.3 Å². The summed E-state index contributed by atoms with van der Waals surface area (Å²) < 4.78 is 0. The molecule has 2 aromatic rings. The van der Waals surface area contributed by atoms with Gasteiger partial charge in [0.2, 0.25) is 0 Å². The molecule has 19 heavy (non-hydrogen) atoms. The molecule has 0 radical (unpaired) electrons. The van der Waals surface area contributed by atoms with Crippen molar-refractivity contribution >= 4 is 5.70 Å². The molecule has 0 amide bonds. The maximum atomic E-state index is 11.2. The van der Waals surface area contributed by atoms with Gasteiger partial charge in [-0.3, -0.25) is 10.1 Å². The second-order valence-electron chi connectivity index (χ2n) is 4.37. The molecule has 0 fully saturated rings. The van der Waals surface area contributed by atoms with Crippen LogP contribution in [-0.4, -0.2) is 4.92 Å². The van der Waals surface area contributed by atoms with E-state index in [1.165, 1.54) is 0 Å². The zero-order chi connectivity index (χ0) is 13.7. The molecular formula is C16H15NO2. The molecule has 0 bridgehead atoms. The second-order valence-corrected chi connectivity index (χ2v) is 4.37. The van der Waals surface area contributed by atoms with E-state index in [9.17, 15) is 10.1 Å². The summed E-state index contributed by atoms with van der Waals surface area (Å²) in [7, 11) is 0. The summed E-state index contributed by atoms with van der Waals surface area (Å²) in [5, 5.41) is 11.2. The van der Waals surface area contributed by atoms with Gasteiger partial charge in [0.25, 0.3) is 5.70 Å². The lowest BCUT2D eigenvalue weighted by Gasteiger charge is -2.07. The number of rotatable bonds is 4. The van der Waals surface area contributed by atoms with Crippen molar-refractivity contribution in [3.63, 3.8) is 0 Å². The minimum Gasteiger partial charge on any atom is -0.258 e. The van der Waals surface area contributed by atoms with Crippen molar-refractivity contribution in [1.29, 1.82) is 0 Å². The van der Waals surface area contributed by atoms with E-state index >= 15 is 0 Å². The predicted molar refractivity (Wildman–Crippen MR) is 76.3 cm³/mol. The Morgan fingerprint density at radius 1 is 1.05 bits per heavy atom. The monoisotopic (exact) mass is 253 g/mol. The highest BCUT2D eigenvalue weighted by molar-refractivity contribution is 5.59. The fourth-order valence-corrected chi connectivity index (χ4v) is 1.96. The molecule has 0 saturated heterocycles. The summed E-state index contributed by atoms with van der Waals surface area (Å²) >= 11 is 0. The van der Waals surface area contributed by atoms with Crippen LogP contribution in [0, 0.1) is 10.1 Å². The average molecular weight is 253 g/mol. The Hall–Kier alpha value is -2.42. The van der Waals surface area contributed by atoms with E-state index in [1.807, 2.05) is 43.3 Å². The van der Waals surface area contributed by atoms with Crippen molar-refractivity contribution in [1.82, 2.24) is 0 Å². The third-order valence-corrected chi connectivity index (χ3v) is 3.00. The Morgan fingerprint density at radius 3 is 2.11 bits per heavy atom. The van der Waals surface area contributed by atoms with Gasteiger partial charge in [0.15, 0.2) is 0 Å². The first kappa shape index (κ1) is 13.0. The topological polar surface area (TPSA) is 43.1 Å². The molecule has 0 aliphatic carbocycles. The largest absolute Gasteiger partial charge is 0.273 e. The van der Waals surface area contributed by atoms with Crippen molar-refractivity contribution in [2.45, 2.75) is 12.8 Å². The molecule has 0 saturated carbocycles. The highest BCUT2D eigenvalue weighted by atomic mass is 16.6. The van der Waals surface area contributed by atoms with Gasteiger partial charge in [0.1, 0.15) is 0 Å². The van der Waals surface area contributed by atoms with Crippen molar-refractivity contribution in [2.24, 2.45) is 0 Å². The van der Waals surface area contributed by atoms with E-state index in [2.05, 4.69) is 0 Å². The summed E-state index contributed by atoms with van der Waals surface area (Å²) in [6, 6.07) is 18.7. The molecule has 3 nitrogen and oxygen atoms in total. The molecule has 0 spiro atoms. The van der Waals surface area contributed by atoms with Crippen LogP contribution in [-0.2, 0) is 0 Å². The first-order chi connectivity index (χ1) is 9.18. The molecular weight excluding hydrogens is 238 g/mol. The number of benzene rings is 2. The number of nitro groups is 1. The molecule has 0 heterocycles. The quantitative estimate of drug-likeness (QED) is 0.608. The molecule has 0 N–H and O–H groups in total. The minimum absolute atomic E-state index is 0.00167. The van der Waals surface area contributed by atoms with Crippen molar-refractivity contribution in [3.8, 4) is 0 Å². The standard InChI is InChI=1S/C16H15NO2/c1-13(14-8-4-2-5-9-14)12-16(17(18)19)15-10-6-3-7-11-15/h2-13H,1H3/b16-12+. The normalized spacial score (nSPS) is 13.0. The Kier molecular flexibility index (Phi) is 4.08. The lowest BCUT2D eigenvalue weighted by Crippen LogP contribution is -2.00. The molecule has 96 valence electrons. The molecule has 1 unspecified atom stereocenters. The Labute approximate surface area is 112 Å². The maximum absolute atomic E-state index is 11.2. The highest BCUT2D eigenvalue weighted by Gasteiger charge is 2.15. The first-order valence-corrected chi connectivity index (χ1v) is 6.15. The van der Waals surface area contributed by atoms with Gasteiger partial charge in [-0.25, -0.2) is 0 Å². The molecule has 3 heteroatoms. The van der Waals surface area contributed by atoms with Crippen molar-refractivity contribution in [2.75, 3.05) is 0 Å². The third-order valence-electron chi connectivity index (χ3n) is 3.00. The maximum Gasteiger partial charge on any atom is 0.273 e. The fourth-order valence-electron chi connectivity index (χ4n) is 1.96. The van der Waals surface area contributed by atoms with Gasteiger partial charge < -0.3 is 0 Å². The number of hydrogen-bond donors (Lipinski definition) is 0. The van der Waals surface area contributed by atoms with E-state index in [0.29, 0.717) is 5.56 Å². The minimum atomic E-state index is -0.325. The van der Waals surface area contributed by atoms with Gasteiger partial charge in [-0.15, -0.1) is 0 Å². The van der Waals surface area contributed by atoms with Crippen molar-refractivity contribution in [3.05, 3.63) is 88.0 Å². The van der Waals surface area contributed by atoms with Crippen LogP contribution in [0.1, 0.15) is 24.0 Å². The molecule has 1 atom stereocenters. The average Bonchev–Trinajstić information content (AvgIpc) is 2.46. The van der Waals surface area contributed by atoms with Crippen LogP contribution >= 0.6 is 0 Å². The Morgan fingerprint density at radius 2 is 1.58 bits per heavy atom. The van der Waals surface area contributed by atoms with Crippen molar-refractivity contribution < 1.29 is 4.92 Å². The van der Waals surface area contributed by atoms with Crippen LogP contribution < -0.4 is 0 Å². The van der Waals surface area contributed by atoms with Crippen LogP contribution in [0.4, 0.5) is 0 Å². The summed E-state index contributed by atoms with van der Waals surface area (Å²) in [4.78, 5) is 10.9. The summed E-state index contributed by atoms with van der Waals surface area (Å²) in [5.74, 6) is 0.00167. The van der Waals surface area contributed by atoms with Gasteiger partial charge >= 0.3 is 0 Å².